The molecule has 158 valence electrons. The largest absolute Gasteiger partial charge is 0.495 e. The van der Waals surface area contributed by atoms with E-state index in [4.69, 9.17) is 27.9 Å². The number of likely N-dealkylation sites (N-methyl/N-ethyl adjacent to an activating group) is 1. The van der Waals surface area contributed by atoms with Gasteiger partial charge in [0.25, 0.3) is 0 Å². The Bertz CT molecular complexity index is 1030. The number of anilines is 1. The van der Waals surface area contributed by atoms with E-state index in [1.165, 1.54) is 19.2 Å². The van der Waals surface area contributed by atoms with Gasteiger partial charge in [0.15, 0.2) is 0 Å². The van der Waals surface area contributed by atoms with Crippen molar-refractivity contribution in [1.82, 2.24) is 4.31 Å². The Hall–Kier alpha value is -2.01. The first-order valence-electron chi connectivity index (χ1n) is 7.82. The first-order valence-corrected chi connectivity index (χ1v) is 10.0. The molecule has 2 rings (SSSR count). The summed E-state index contributed by atoms with van der Waals surface area (Å²) in [4.78, 5) is 12.0. The summed E-state index contributed by atoms with van der Waals surface area (Å²) in [5, 5.41) is 2.19. The van der Waals surface area contributed by atoms with Crippen molar-refractivity contribution in [1.29, 1.82) is 0 Å². The van der Waals surface area contributed by atoms with Crippen LogP contribution in [0.25, 0.3) is 0 Å². The van der Waals surface area contributed by atoms with E-state index in [1.807, 2.05) is 0 Å². The molecule has 0 unspecified atom stereocenters. The average molecular weight is 471 g/mol. The number of hydrogen-bond acceptors (Lipinski definition) is 4. The Morgan fingerprint density at radius 2 is 1.83 bits per heavy atom. The standard InChI is InChI=1S/C17H15Cl2F3N2O4S/c1-24(29(26,27)15-8-11(18)4-6-14(15)28-2)9-16(25)23-13-7-10(17(20,21)22)3-5-12(13)19/h3-8H,9H2,1-2H3,(H,23,25). The molecule has 2 aromatic carbocycles. The van der Waals surface area contributed by atoms with E-state index >= 15 is 0 Å². The molecule has 0 bridgehead atoms. The molecular formula is C17H15Cl2F3N2O4S. The van der Waals surface area contributed by atoms with Gasteiger partial charge in [-0.2, -0.15) is 17.5 Å². The number of rotatable bonds is 6. The zero-order chi connectivity index (χ0) is 22.0. The average Bonchev–Trinajstić information content (AvgIpc) is 2.62. The number of amides is 1. The third kappa shape index (κ3) is 5.53. The fourth-order valence-corrected chi connectivity index (χ4v) is 4.00. The van der Waals surface area contributed by atoms with Crippen molar-refractivity contribution in [3.63, 3.8) is 0 Å². The number of methoxy groups -OCH3 is 1. The highest BCUT2D eigenvalue weighted by atomic mass is 35.5. The smallest absolute Gasteiger partial charge is 0.416 e. The SMILES string of the molecule is COc1ccc(Cl)cc1S(=O)(=O)N(C)CC(=O)Nc1cc(C(F)(F)F)ccc1Cl. The second-order valence-electron chi connectivity index (χ2n) is 5.80. The van der Waals surface area contributed by atoms with Crippen molar-refractivity contribution in [2.24, 2.45) is 0 Å². The molecule has 0 atom stereocenters. The Kier molecular flexibility index (Phi) is 7.05. The summed E-state index contributed by atoms with van der Waals surface area (Å²) in [6, 6.07) is 6.35. The summed E-state index contributed by atoms with van der Waals surface area (Å²) in [7, 11) is -1.79. The summed E-state index contributed by atoms with van der Waals surface area (Å²) in [5.41, 5.74) is -1.31. The maximum absolute atomic E-state index is 12.8. The maximum Gasteiger partial charge on any atom is 0.416 e. The van der Waals surface area contributed by atoms with Gasteiger partial charge in [0, 0.05) is 12.1 Å². The van der Waals surface area contributed by atoms with E-state index in [2.05, 4.69) is 5.32 Å². The van der Waals surface area contributed by atoms with Crippen molar-refractivity contribution in [2.45, 2.75) is 11.1 Å². The van der Waals surface area contributed by atoms with Gasteiger partial charge in [0.05, 0.1) is 29.9 Å². The van der Waals surface area contributed by atoms with Crippen LogP contribution >= 0.6 is 23.2 Å². The quantitative estimate of drug-likeness (QED) is 0.683. The lowest BCUT2D eigenvalue weighted by Gasteiger charge is -2.19. The van der Waals surface area contributed by atoms with Gasteiger partial charge in [0.2, 0.25) is 15.9 Å². The van der Waals surface area contributed by atoms with Crippen molar-refractivity contribution in [2.75, 3.05) is 26.0 Å². The number of hydrogen-bond donors (Lipinski definition) is 1. The lowest BCUT2D eigenvalue weighted by atomic mass is 10.2. The van der Waals surface area contributed by atoms with E-state index in [0.717, 1.165) is 25.2 Å². The Morgan fingerprint density at radius 3 is 2.41 bits per heavy atom. The van der Waals surface area contributed by atoms with Crippen LogP contribution in [0.2, 0.25) is 10.0 Å². The summed E-state index contributed by atoms with van der Waals surface area (Å²) in [5.74, 6) is -0.874. The summed E-state index contributed by atoms with van der Waals surface area (Å²) in [6.07, 6.45) is -4.63. The van der Waals surface area contributed by atoms with Gasteiger partial charge in [-0.3, -0.25) is 4.79 Å². The van der Waals surface area contributed by atoms with Crippen molar-refractivity contribution in [3.05, 3.63) is 52.0 Å². The van der Waals surface area contributed by atoms with Gasteiger partial charge in [-0.05, 0) is 36.4 Å². The van der Waals surface area contributed by atoms with Crippen LogP contribution in [0.5, 0.6) is 5.75 Å². The summed E-state index contributed by atoms with van der Waals surface area (Å²) >= 11 is 11.7. The van der Waals surface area contributed by atoms with E-state index in [0.29, 0.717) is 10.4 Å². The van der Waals surface area contributed by atoms with Gasteiger partial charge < -0.3 is 10.1 Å². The van der Waals surface area contributed by atoms with E-state index < -0.39 is 34.2 Å². The molecule has 0 aliphatic heterocycles. The second kappa shape index (κ2) is 8.78. The van der Waals surface area contributed by atoms with Crippen LogP contribution in [0.1, 0.15) is 5.56 Å². The molecule has 0 aliphatic rings. The minimum absolute atomic E-state index is 0.0163. The summed E-state index contributed by atoms with van der Waals surface area (Å²) in [6.45, 7) is -0.690. The van der Waals surface area contributed by atoms with Crippen LogP contribution in [-0.4, -0.2) is 39.3 Å². The molecule has 0 heterocycles. The Morgan fingerprint density at radius 1 is 1.17 bits per heavy atom. The number of carbonyl (C=O) groups is 1. The molecular weight excluding hydrogens is 456 g/mol. The zero-order valence-corrected chi connectivity index (χ0v) is 17.4. The number of nitrogens with one attached hydrogen (secondary N) is 1. The Balaban J connectivity index is 2.22. The minimum Gasteiger partial charge on any atom is -0.495 e. The second-order valence-corrected chi connectivity index (χ2v) is 8.65. The predicted molar refractivity (Wildman–Crippen MR) is 103 cm³/mol. The molecule has 2 aromatic rings. The molecule has 0 saturated carbocycles. The third-order valence-corrected chi connectivity index (χ3v) is 6.14. The highest BCUT2D eigenvalue weighted by Gasteiger charge is 2.31. The molecule has 0 saturated heterocycles. The van der Waals surface area contributed by atoms with Crippen LogP contribution in [-0.2, 0) is 21.0 Å². The van der Waals surface area contributed by atoms with Crippen LogP contribution < -0.4 is 10.1 Å². The molecule has 1 amide bonds. The van der Waals surface area contributed by atoms with Crippen LogP contribution in [0.3, 0.4) is 0 Å². The van der Waals surface area contributed by atoms with Crippen LogP contribution in [0.4, 0.5) is 18.9 Å². The highest BCUT2D eigenvalue weighted by molar-refractivity contribution is 7.89. The van der Waals surface area contributed by atoms with Crippen molar-refractivity contribution in [3.8, 4) is 5.75 Å². The molecule has 1 N–H and O–H groups in total. The zero-order valence-electron chi connectivity index (χ0n) is 15.0. The van der Waals surface area contributed by atoms with Crippen LogP contribution in [0.15, 0.2) is 41.3 Å². The normalized spacial score (nSPS) is 12.1. The molecule has 0 spiro atoms. The van der Waals surface area contributed by atoms with Gasteiger partial charge in [-0.15, -0.1) is 0 Å². The molecule has 12 heteroatoms. The molecule has 0 fully saturated rings. The summed E-state index contributed by atoms with van der Waals surface area (Å²) < 4.78 is 69.7. The lowest BCUT2D eigenvalue weighted by molar-refractivity contribution is -0.137. The monoisotopic (exact) mass is 470 g/mol. The minimum atomic E-state index is -4.63. The predicted octanol–water partition coefficient (Wildman–Crippen LogP) is 4.28. The first kappa shape index (κ1) is 23.3. The first-order chi connectivity index (χ1) is 13.4. The Labute approximate surface area is 175 Å². The van der Waals surface area contributed by atoms with Crippen LogP contribution in [0, 0.1) is 0 Å². The van der Waals surface area contributed by atoms with E-state index in [9.17, 15) is 26.4 Å². The van der Waals surface area contributed by atoms with Gasteiger partial charge >= 0.3 is 6.18 Å². The van der Waals surface area contributed by atoms with Gasteiger partial charge in [-0.1, -0.05) is 23.2 Å². The third-order valence-electron chi connectivity index (χ3n) is 3.75. The van der Waals surface area contributed by atoms with E-state index in [-0.39, 0.29) is 26.4 Å². The fourth-order valence-electron chi connectivity index (χ4n) is 2.29. The fraction of sp³-hybridized carbons (Fsp3) is 0.235. The number of halogens is 5. The molecule has 29 heavy (non-hydrogen) atoms. The van der Waals surface area contributed by atoms with Gasteiger partial charge in [-0.25, -0.2) is 8.42 Å². The molecule has 0 aromatic heterocycles. The van der Waals surface area contributed by atoms with E-state index in [1.54, 1.807) is 0 Å². The number of ether oxygens (including phenoxy) is 1. The number of sulfonamides is 1. The molecule has 6 nitrogen and oxygen atoms in total. The topological polar surface area (TPSA) is 75.7 Å². The van der Waals surface area contributed by atoms with Gasteiger partial charge in [0.1, 0.15) is 10.6 Å². The number of benzene rings is 2. The maximum atomic E-state index is 12.8. The number of nitrogens with zero attached hydrogens (tertiary/aromatic N) is 1. The highest BCUT2D eigenvalue weighted by Crippen LogP contribution is 2.34. The lowest BCUT2D eigenvalue weighted by Crippen LogP contribution is -2.35. The molecule has 0 aliphatic carbocycles. The molecule has 0 radical (unpaired) electrons. The van der Waals surface area contributed by atoms with Crippen molar-refractivity contribution >= 4 is 44.8 Å². The number of alkyl halides is 3. The van der Waals surface area contributed by atoms with Crippen molar-refractivity contribution < 1.29 is 31.1 Å². The number of carbonyl (C=O) groups excluding carboxylic acids is 1.